The number of carbonyl (C=O) groups excluding carboxylic acids is 1. The Kier molecular flexibility index (Phi) is 3.35. The highest BCUT2D eigenvalue weighted by molar-refractivity contribution is 5.96. The molecule has 0 spiro atoms. The zero-order valence-corrected chi connectivity index (χ0v) is 13.5. The van der Waals surface area contributed by atoms with E-state index < -0.39 is 11.6 Å². The van der Waals surface area contributed by atoms with Crippen LogP contribution < -0.4 is 0 Å². The normalized spacial score (nSPS) is 18.7. The van der Waals surface area contributed by atoms with Gasteiger partial charge in [0.2, 0.25) is 0 Å². The molecule has 0 saturated heterocycles. The average molecular weight is 334 g/mol. The van der Waals surface area contributed by atoms with Gasteiger partial charge in [-0.1, -0.05) is 36.4 Å². The molecule has 3 aromatic rings. The lowest BCUT2D eigenvalue weighted by Crippen LogP contribution is -2.30. The Labute approximate surface area is 144 Å². The molecule has 1 atom stereocenters. The van der Waals surface area contributed by atoms with E-state index in [0.717, 1.165) is 11.1 Å². The van der Waals surface area contributed by atoms with Crippen molar-refractivity contribution in [2.45, 2.75) is 12.5 Å². The number of cyclic esters (lactones) is 1. The number of aryl methyl sites for hydroxylation is 1. The number of rotatable bonds is 2. The molecule has 4 rings (SSSR count). The predicted octanol–water partition coefficient (Wildman–Crippen LogP) is 4.30. The Bertz CT molecular complexity index is 979. The molecule has 0 bridgehead atoms. The van der Waals surface area contributed by atoms with Crippen LogP contribution in [0.3, 0.4) is 0 Å². The fourth-order valence-electron chi connectivity index (χ4n) is 3.51. The van der Waals surface area contributed by atoms with E-state index in [2.05, 4.69) is 0 Å². The highest BCUT2D eigenvalue weighted by Crippen LogP contribution is 2.48. The molecular weight excluding hydrogens is 319 g/mol. The first-order valence-electron chi connectivity index (χ1n) is 7.91. The summed E-state index contributed by atoms with van der Waals surface area (Å²) in [4.78, 5) is 12.5. The van der Waals surface area contributed by atoms with E-state index >= 15 is 0 Å². The van der Waals surface area contributed by atoms with Crippen molar-refractivity contribution < 1.29 is 19.0 Å². The molecule has 0 fully saturated rings. The van der Waals surface area contributed by atoms with E-state index in [0.29, 0.717) is 16.7 Å². The number of hydrogen-bond acceptors (Lipinski definition) is 3. The van der Waals surface area contributed by atoms with Crippen molar-refractivity contribution in [2.24, 2.45) is 0 Å². The Morgan fingerprint density at radius 3 is 2.40 bits per heavy atom. The fraction of sp³-hybridized carbons (Fsp3) is 0.0952. The van der Waals surface area contributed by atoms with E-state index in [1.807, 2.05) is 19.1 Å². The van der Waals surface area contributed by atoms with E-state index in [1.165, 1.54) is 12.1 Å². The number of ether oxygens (including phenoxy) is 1. The highest BCUT2D eigenvalue weighted by atomic mass is 19.1. The van der Waals surface area contributed by atoms with Gasteiger partial charge in [-0.05, 0) is 42.8 Å². The van der Waals surface area contributed by atoms with Crippen molar-refractivity contribution in [2.75, 3.05) is 0 Å². The first-order valence-corrected chi connectivity index (χ1v) is 7.91. The molecule has 4 heteroatoms. The van der Waals surface area contributed by atoms with Gasteiger partial charge in [-0.15, -0.1) is 0 Å². The Morgan fingerprint density at radius 1 is 0.960 bits per heavy atom. The largest absolute Gasteiger partial charge is 0.508 e. The quantitative estimate of drug-likeness (QED) is 0.711. The minimum atomic E-state index is -1.17. The summed E-state index contributed by atoms with van der Waals surface area (Å²) in [5.41, 5.74) is 2.18. The van der Waals surface area contributed by atoms with Crippen molar-refractivity contribution in [3.8, 4) is 5.75 Å². The highest BCUT2D eigenvalue weighted by Gasteiger charge is 2.49. The van der Waals surface area contributed by atoms with Gasteiger partial charge in [-0.25, -0.2) is 9.18 Å². The van der Waals surface area contributed by atoms with Crippen LogP contribution in [-0.4, -0.2) is 11.1 Å². The average Bonchev–Trinajstić information content (AvgIpc) is 2.90. The number of aromatic hydroxyl groups is 1. The monoisotopic (exact) mass is 334 g/mol. The molecule has 1 heterocycles. The van der Waals surface area contributed by atoms with Gasteiger partial charge >= 0.3 is 5.97 Å². The summed E-state index contributed by atoms with van der Waals surface area (Å²) in [5, 5.41) is 9.76. The molecular formula is C21H15FO3. The molecule has 0 aromatic heterocycles. The van der Waals surface area contributed by atoms with Gasteiger partial charge in [-0.2, -0.15) is 0 Å². The second kappa shape index (κ2) is 5.45. The molecule has 0 radical (unpaired) electrons. The lowest BCUT2D eigenvalue weighted by Gasteiger charge is -2.31. The first-order chi connectivity index (χ1) is 12.0. The lowest BCUT2D eigenvalue weighted by molar-refractivity contribution is 0.0250. The Morgan fingerprint density at radius 2 is 1.68 bits per heavy atom. The number of halogens is 1. The van der Waals surface area contributed by atoms with Gasteiger partial charge < -0.3 is 9.84 Å². The smallest absolute Gasteiger partial charge is 0.340 e. The number of benzene rings is 3. The van der Waals surface area contributed by atoms with Gasteiger partial charge in [0.15, 0.2) is 5.60 Å². The molecule has 25 heavy (non-hydrogen) atoms. The third-order valence-corrected chi connectivity index (χ3v) is 4.61. The summed E-state index contributed by atoms with van der Waals surface area (Å²) < 4.78 is 19.4. The third kappa shape index (κ3) is 2.22. The Balaban J connectivity index is 2.07. The summed E-state index contributed by atoms with van der Waals surface area (Å²) in [5.74, 6) is -0.653. The molecule has 1 N–H and O–H groups in total. The molecule has 124 valence electrons. The van der Waals surface area contributed by atoms with Gasteiger partial charge in [0.05, 0.1) is 5.56 Å². The number of carbonyl (C=O) groups is 1. The van der Waals surface area contributed by atoms with Gasteiger partial charge in [0, 0.05) is 16.7 Å². The number of phenols is 1. The maximum atomic E-state index is 13.5. The van der Waals surface area contributed by atoms with E-state index in [-0.39, 0.29) is 11.6 Å². The number of esters is 1. The third-order valence-electron chi connectivity index (χ3n) is 4.61. The molecule has 0 unspecified atom stereocenters. The van der Waals surface area contributed by atoms with Crippen LogP contribution in [0.1, 0.15) is 32.6 Å². The predicted molar refractivity (Wildman–Crippen MR) is 91.0 cm³/mol. The minimum absolute atomic E-state index is 0.133. The molecule has 3 nitrogen and oxygen atoms in total. The molecule has 0 aliphatic carbocycles. The number of phenolic OH excluding ortho intramolecular Hbond substituents is 1. The van der Waals surface area contributed by atoms with Crippen LogP contribution in [0.15, 0.2) is 66.7 Å². The van der Waals surface area contributed by atoms with Crippen LogP contribution in [0, 0.1) is 12.7 Å². The van der Waals surface area contributed by atoms with Crippen LogP contribution in [0.5, 0.6) is 5.75 Å². The van der Waals surface area contributed by atoms with E-state index in [9.17, 15) is 14.3 Å². The van der Waals surface area contributed by atoms with E-state index in [4.69, 9.17) is 4.74 Å². The van der Waals surface area contributed by atoms with Crippen molar-refractivity contribution in [1.29, 1.82) is 0 Å². The lowest BCUT2D eigenvalue weighted by atomic mass is 9.78. The van der Waals surface area contributed by atoms with Crippen molar-refractivity contribution >= 4 is 5.97 Å². The standard InChI is InChI=1S/C21H15FO3/c1-13-12-16(23)10-11-18(13)21(14-6-8-15(22)9-7-14)19-5-3-2-4-17(19)20(24)25-21/h2-12,23H,1H3/t21-/m0/s1. The Hall–Kier alpha value is -3.14. The molecule has 0 amide bonds. The summed E-state index contributed by atoms with van der Waals surface area (Å²) in [6, 6.07) is 18.0. The molecule has 0 saturated carbocycles. The van der Waals surface area contributed by atoms with Crippen LogP contribution in [0.25, 0.3) is 0 Å². The van der Waals surface area contributed by atoms with Gasteiger partial charge in [0.1, 0.15) is 11.6 Å². The summed E-state index contributed by atoms with van der Waals surface area (Å²) >= 11 is 0. The second-order valence-electron chi connectivity index (χ2n) is 6.12. The van der Waals surface area contributed by atoms with E-state index in [1.54, 1.807) is 42.5 Å². The second-order valence-corrected chi connectivity index (χ2v) is 6.12. The van der Waals surface area contributed by atoms with Crippen molar-refractivity contribution in [3.63, 3.8) is 0 Å². The van der Waals surface area contributed by atoms with Gasteiger partial charge in [-0.3, -0.25) is 0 Å². The number of fused-ring (bicyclic) bond motifs is 1. The zero-order chi connectivity index (χ0) is 17.6. The van der Waals surface area contributed by atoms with Crippen LogP contribution in [-0.2, 0) is 10.3 Å². The fourth-order valence-corrected chi connectivity index (χ4v) is 3.51. The zero-order valence-electron chi connectivity index (χ0n) is 13.5. The topological polar surface area (TPSA) is 46.5 Å². The van der Waals surface area contributed by atoms with Crippen molar-refractivity contribution in [1.82, 2.24) is 0 Å². The molecule has 3 aromatic carbocycles. The summed E-state index contributed by atoms with van der Waals surface area (Å²) in [6.45, 7) is 1.84. The summed E-state index contributed by atoms with van der Waals surface area (Å²) in [6.07, 6.45) is 0. The van der Waals surface area contributed by atoms with Crippen molar-refractivity contribution in [3.05, 3.63) is 100 Å². The maximum absolute atomic E-state index is 13.5. The molecule has 1 aliphatic rings. The summed E-state index contributed by atoms with van der Waals surface area (Å²) in [7, 11) is 0. The first kappa shape index (κ1) is 15.4. The number of hydrogen-bond donors (Lipinski definition) is 1. The molecule has 1 aliphatic heterocycles. The SMILES string of the molecule is Cc1cc(O)ccc1[C@]1(c2ccc(F)cc2)OC(=O)c2ccccc21. The van der Waals surface area contributed by atoms with Gasteiger partial charge in [0.25, 0.3) is 0 Å². The van der Waals surface area contributed by atoms with Crippen LogP contribution in [0.4, 0.5) is 4.39 Å². The maximum Gasteiger partial charge on any atom is 0.340 e. The minimum Gasteiger partial charge on any atom is -0.508 e. The van der Waals surface area contributed by atoms with Crippen LogP contribution >= 0.6 is 0 Å². The van der Waals surface area contributed by atoms with Crippen LogP contribution in [0.2, 0.25) is 0 Å².